The van der Waals surface area contributed by atoms with E-state index in [1.54, 1.807) is 0 Å². The van der Waals surface area contributed by atoms with Crippen LogP contribution in [0.25, 0.3) is 0 Å². The first-order chi connectivity index (χ1) is 12.5. The highest BCUT2D eigenvalue weighted by Crippen LogP contribution is 2.14. The van der Waals surface area contributed by atoms with Crippen LogP contribution < -0.4 is 5.11 Å². The van der Waals surface area contributed by atoms with E-state index in [0.717, 1.165) is 13.0 Å². The van der Waals surface area contributed by atoms with Crippen molar-refractivity contribution in [1.82, 2.24) is 0 Å². The average Bonchev–Trinajstić information content (AvgIpc) is 2.56. The fourth-order valence-electron chi connectivity index (χ4n) is 3.69. The van der Waals surface area contributed by atoms with Crippen LogP contribution in [0, 0.1) is 0 Å². The number of rotatable bonds is 20. The van der Waals surface area contributed by atoms with Crippen LogP contribution >= 0.6 is 0 Å². The number of quaternary nitrogens is 1. The summed E-state index contributed by atoms with van der Waals surface area (Å²) in [6, 6.07) is 0. The predicted molar refractivity (Wildman–Crippen MR) is 111 cm³/mol. The van der Waals surface area contributed by atoms with Gasteiger partial charge in [0.25, 0.3) is 0 Å². The smallest absolute Gasteiger partial charge is 0.119 e. The van der Waals surface area contributed by atoms with Gasteiger partial charge in [0.05, 0.1) is 26.6 Å². The Bertz CT molecular complexity index is 315. The summed E-state index contributed by atoms with van der Waals surface area (Å²) in [4.78, 5) is 10.7. The summed E-state index contributed by atoms with van der Waals surface area (Å²) in [5, 5.41) is 10.7. The Balaban J connectivity index is 3.17. The molecule has 3 heteroatoms. The summed E-state index contributed by atoms with van der Waals surface area (Å²) < 4.78 is 0.543. The lowest BCUT2D eigenvalue weighted by Gasteiger charge is -2.30. The number of hydrogen-bond acceptors (Lipinski definition) is 2. The van der Waals surface area contributed by atoms with E-state index in [1.165, 1.54) is 103 Å². The van der Waals surface area contributed by atoms with Gasteiger partial charge >= 0.3 is 0 Å². The zero-order chi connectivity index (χ0) is 19.5. The Morgan fingerprint density at radius 1 is 0.615 bits per heavy atom. The van der Waals surface area contributed by atoms with Gasteiger partial charge in [-0.25, -0.2) is 0 Å². The van der Waals surface area contributed by atoms with Crippen LogP contribution in [0.3, 0.4) is 0 Å². The molecule has 0 rings (SSSR count). The zero-order valence-corrected chi connectivity index (χ0v) is 18.2. The van der Waals surface area contributed by atoms with E-state index in [1.807, 2.05) is 14.1 Å². The van der Waals surface area contributed by atoms with E-state index in [4.69, 9.17) is 0 Å². The number of carboxylic acids is 1. The van der Waals surface area contributed by atoms with E-state index in [9.17, 15) is 9.90 Å². The minimum atomic E-state index is -0.943. The second-order valence-electron chi connectivity index (χ2n) is 8.85. The number of aliphatic carboxylic acids is 1. The molecule has 0 aromatic rings. The molecule has 0 fully saturated rings. The van der Waals surface area contributed by atoms with Gasteiger partial charge in [-0.15, -0.1) is 0 Å². The lowest BCUT2D eigenvalue weighted by Crippen LogP contribution is -2.48. The van der Waals surface area contributed by atoms with E-state index in [-0.39, 0.29) is 6.54 Å². The van der Waals surface area contributed by atoms with Crippen molar-refractivity contribution < 1.29 is 14.4 Å². The Morgan fingerprint density at radius 3 is 1.23 bits per heavy atom. The molecule has 0 spiro atoms. The number of carbonyl (C=O) groups excluding carboxylic acids is 1. The SMILES string of the molecule is CCCCCCCCCCCCCCCCCCC[N+](C)(C)CC(=O)[O-]. The summed E-state index contributed by atoms with van der Waals surface area (Å²) in [7, 11) is 3.95. The number of unbranched alkanes of at least 4 members (excludes halogenated alkanes) is 16. The largest absolute Gasteiger partial charge is 0.544 e. The first-order valence-corrected chi connectivity index (χ1v) is 11.5. The highest BCUT2D eigenvalue weighted by atomic mass is 16.4. The molecule has 0 saturated carbocycles. The maximum Gasteiger partial charge on any atom is 0.119 e. The summed E-state index contributed by atoms with van der Waals surface area (Å²) in [5.41, 5.74) is 0. The van der Waals surface area contributed by atoms with Crippen LogP contribution in [0.15, 0.2) is 0 Å². The van der Waals surface area contributed by atoms with Crippen molar-refractivity contribution in [3.63, 3.8) is 0 Å². The van der Waals surface area contributed by atoms with Crippen molar-refractivity contribution in [2.75, 3.05) is 27.2 Å². The van der Waals surface area contributed by atoms with Crippen LogP contribution in [0.1, 0.15) is 116 Å². The molecule has 0 atom stereocenters. The molecule has 0 aliphatic carbocycles. The molecule has 0 amide bonds. The van der Waals surface area contributed by atoms with E-state index < -0.39 is 5.97 Å². The predicted octanol–water partition coefficient (Wildman–Crippen LogP) is 5.46. The minimum absolute atomic E-state index is 0.124. The second-order valence-corrected chi connectivity index (χ2v) is 8.85. The molecule has 3 nitrogen and oxygen atoms in total. The monoisotopic (exact) mass is 369 g/mol. The summed E-state index contributed by atoms with van der Waals surface area (Å²) >= 11 is 0. The normalized spacial score (nSPS) is 11.8. The van der Waals surface area contributed by atoms with Crippen molar-refractivity contribution in [2.45, 2.75) is 116 Å². The van der Waals surface area contributed by atoms with Gasteiger partial charge in [-0.2, -0.15) is 0 Å². The molecule has 0 heterocycles. The Morgan fingerprint density at radius 2 is 0.923 bits per heavy atom. The van der Waals surface area contributed by atoms with Gasteiger partial charge in [-0.1, -0.05) is 103 Å². The fourth-order valence-corrected chi connectivity index (χ4v) is 3.69. The van der Waals surface area contributed by atoms with E-state index in [0.29, 0.717) is 4.48 Å². The second kappa shape index (κ2) is 17.8. The maximum absolute atomic E-state index is 10.7. The molecule has 0 bridgehead atoms. The molecular formula is C23H47NO2. The lowest BCUT2D eigenvalue weighted by atomic mass is 10.0. The maximum atomic E-state index is 10.7. The first kappa shape index (κ1) is 25.4. The molecule has 0 aliphatic heterocycles. The number of hydrogen-bond donors (Lipinski definition) is 0. The van der Waals surface area contributed by atoms with Crippen LogP contribution in [0.2, 0.25) is 0 Å². The van der Waals surface area contributed by atoms with E-state index in [2.05, 4.69) is 6.92 Å². The van der Waals surface area contributed by atoms with Gasteiger partial charge in [0, 0.05) is 0 Å². The average molecular weight is 370 g/mol. The van der Waals surface area contributed by atoms with E-state index >= 15 is 0 Å². The van der Waals surface area contributed by atoms with Gasteiger partial charge in [-0.3, -0.25) is 0 Å². The van der Waals surface area contributed by atoms with Gasteiger partial charge in [0.15, 0.2) is 0 Å². The molecule has 0 N–H and O–H groups in total. The van der Waals surface area contributed by atoms with Crippen LogP contribution in [-0.2, 0) is 4.79 Å². The van der Waals surface area contributed by atoms with Crippen LogP contribution in [0.4, 0.5) is 0 Å². The van der Waals surface area contributed by atoms with Gasteiger partial charge in [0.1, 0.15) is 6.54 Å². The van der Waals surface area contributed by atoms with Crippen molar-refractivity contribution in [3.8, 4) is 0 Å². The third-order valence-corrected chi connectivity index (χ3v) is 5.42. The van der Waals surface area contributed by atoms with Crippen LogP contribution in [-0.4, -0.2) is 37.6 Å². The molecule has 0 aliphatic rings. The van der Waals surface area contributed by atoms with Crippen molar-refractivity contribution in [2.24, 2.45) is 0 Å². The molecule has 0 unspecified atom stereocenters. The molecule has 0 aromatic heterocycles. The summed E-state index contributed by atoms with van der Waals surface area (Å²) in [6.45, 7) is 3.34. The van der Waals surface area contributed by atoms with Gasteiger partial charge in [-0.05, 0) is 12.8 Å². The van der Waals surface area contributed by atoms with Gasteiger partial charge < -0.3 is 14.4 Å². The van der Waals surface area contributed by atoms with Crippen molar-refractivity contribution >= 4 is 5.97 Å². The molecule has 0 saturated heterocycles. The third kappa shape index (κ3) is 19.8. The van der Waals surface area contributed by atoms with Crippen LogP contribution in [0.5, 0.6) is 0 Å². The lowest BCUT2D eigenvalue weighted by molar-refractivity contribution is -0.885. The molecule has 156 valence electrons. The highest BCUT2D eigenvalue weighted by molar-refractivity contribution is 5.65. The Hall–Kier alpha value is -0.570. The van der Waals surface area contributed by atoms with Crippen molar-refractivity contribution in [1.29, 1.82) is 0 Å². The standard InChI is InChI=1S/C23H47NO2/c1-4-5-6-7-8-9-10-11-12-13-14-15-16-17-18-19-20-21-24(2,3)22-23(25)26/h4-22H2,1-3H3. The van der Waals surface area contributed by atoms with Gasteiger partial charge in [0.2, 0.25) is 0 Å². The topological polar surface area (TPSA) is 40.1 Å². The summed E-state index contributed by atoms with van der Waals surface area (Å²) in [6.07, 6.45) is 23.4. The number of carbonyl (C=O) groups is 1. The minimum Gasteiger partial charge on any atom is -0.544 e. The number of nitrogens with zero attached hydrogens (tertiary/aromatic N) is 1. The zero-order valence-electron chi connectivity index (χ0n) is 18.2. The molecule has 26 heavy (non-hydrogen) atoms. The third-order valence-electron chi connectivity index (χ3n) is 5.42. The summed E-state index contributed by atoms with van der Waals surface area (Å²) in [5.74, 6) is -0.943. The molecule has 0 aromatic carbocycles. The number of likely N-dealkylation sites (N-methyl/N-ethyl adjacent to an activating group) is 1. The quantitative estimate of drug-likeness (QED) is 0.211. The molecular weight excluding hydrogens is 322 g/mol. The first-order valence-electron chi connectivity index (χ1n) is 11.5. The van der Waals surface area contributed by atoms with Crippen molar-refractivity contribution in [3.05, 3.63) is 0 Å². The number of carboxylic acid groups (broad SMARTS) is 1. The Labute approximate surface area is 164 Å². The molecule has 0 radical (unpaired) electrons. The Kier molecular flexibility index (Phi) is 17.4. The fraction of sp³-hybridized carbons (Fsp3) is 0.957. The highest BCUT2D eigenvalue weighted by Gasteiger charge is 2.14.